The lowest BCUT2D eigenvalue weighted by Crippen LogP contribution is -1.83. The van der Waals surface area contributed by atoms with Gasteiger partial charge in [-0.3, -0.25) is 0 Å². The van der Waals surface area contributed by atoms with E-state index in [-0.39, 0.29) is 0 Å². The van der Waals surface area contributed by atoms with Crippen molar-refractivity contribution in [2.75, 3.05) is 5.73 Å². The number of hydrogen-bond donors (Lipinski definition) is 1. The van der Waals surface area contributed by atoms with Crippen LogP contribution in [0.4, 0.5) is 11.4 Å². The minimum atomic E-state index is 0.676. The second-order valence-electron chi connectivity index (χ2n) is 3.35. The third-order valence-corrected chi connectivity index (χ3v) is 2.24. The summed E-state index contributed by atoms with van der Waals surface area (Å²) in [5.41, 5.74) is 8.24. The molecule has 0 spiro atoms. The van der Waals surface area contributed by atoms with Crippen molar-refractivity contribution in [3.05, 3.63) is 36.0 Å². The van der Waals surface area contributed by atoms with Gasteiger partial charge in [0.15, 0.2) is 0 Å². The number of nitrogens with two attached hydrogens (primary N) is 1. The van der Waals surface area contributed by atoms with Crippen molar-refractivity contribution in [1.29, 1.82) is 0 Å². The van der Waals surface area contributed by atoms with Gasteiger partial charge in [0.05, 0.1) is 11.4 Å². The number of hydrogen-bond acceptors (Lipinski definition) is 3. The normalized spacial score (nSPS) is 16.1. The minimum Gasteiger partial charge on any atom is -0.397 e. The molecule has 1 aliphatic carbocycles. The molecule has 1 aromatic carbocycles. The third kappa shape index (κ3) is 1.99. The second kappa shape index (κ2) is 4.05. The molecule has 0 unspecified atom stereocenters. The van der Waals surface area contributed by atoms with Gasteiger partial charge in [-0.2, -0.15) is 5.11 Å². The molecule has 2 N–H and O–H groups in total. The first kappa shape index (κ1) is 8.94. The highest BCUT2D eigenvalue weighted by Gasteiger charge is 2.02. The smallest absolute Gasteiger partial charge is 0.109 e. The van der Waals surface area contributed by atoms with Crippen LogP contribution in [-0.4, -0.2) is 0 Å². The molecule has 0 saturated heterocycles. The van der Waals surface area contributed by atoms with Gasteiger partial charge < -0.3 is 5.73 Å². The standard InChI is InChI=1S/C11H13N3/c12-10-7-3-4-8-11(10)14-13-9-5-1-2-6-9/h3-5,7-8H,1-2,6,12H2. The van der Waals surface area contributed by atoms with Gasteiger partial charge in [-0.25, -0.2) is 0 Å². The largest absolute Gasteiger partial charge is 0.397 e. The average Bonchev–Trinajstić information content (AvgIpc) is 2.69. The van der Waals surface area contributed by atoms with Gasteiger partial charge in [-0.15, -0.1) is 5.11 Å². The highest BCUT2D eigenvalue weighted by molar-refractivity contribution is 5.61. The van der Waals surface area contributed by atoms with Crippen molar-refractivity contribution in [2.24, 2.45) is 10.2 Å². The fraction of sp³-hybridized carbons (Fsp3) is 0.273. The first-order valence-electron chi connectivity index (χ1n) is 4.81. The molecule has 0 heterocycles. The molecular weight excluding hydrogens is 174 g/mol. The number of allylic oxidation sites excluding steroid dienone is 2. The Morgan fingerprint density at radius 1 is 1.14 bits per heavy atom. The number of nitrogens with zero attached hydrogens (tertiary/aromatic N) is 2. The fourth-order valence-electron chi connectivity index (χ4n) is 1.44. The number of para-hydroxylation sites is 1. The summed E-state index contributed by atoms with van der Waals surface area (Å²) in [5.74, 6) is 0. The van der Waals surface area contributed by atoms with Gasteiger partial charge in [0.2, 0.25) is 0 Å². The summed E-state index contributed by atoms with van der Waals surface area (Å²) >= 11 is 0. The number of anilines is 1. The van der Waals surface area contributed by atoms with Crippen molar-refractivity contribution in [1.82, 2.24) is 0 Å². The number of nitrogen functional groups attached to an aromatic ring is 1. The Bertz CT molecular complexity index is 380. The summed E-state index contributed by atoms with van der Waals surface area (Å²) in [6, 6.07) is 7.50. The van der Waals surface area contributed by atoms with E-state index in [1.165, 1.54) is 6.42 Å². The topological polar surface area (TPSA) is 50.7 Å². The molecule has 3 heteroatoms. The molecule has 1 aromatic rings. The van der Waals surface area contributed by atoms with Crippen LogP contribution < -0.4 is 5.73 Å². The maximum Gasteiger partial charge on any atom is 0.109 e. The van der Waals surface area contributed by atoms with E-state index < -0.39 is 0 Å². The van der Waals surface area contributed by atoms with Crippen LogP contribution in [-0.2, 0) is 0 Å². The van der Waals surface area contributed by atoms with Crippen molar-refractivity contribution in [3.8, 4) is 0 Å². The molecule has 72 valence electrons. The van der Waals surface area contributed by atoms with E-state index in [0.717, 1.165) is 24.2 Å². The van der Waals surface area contributed by atoms with E-state index in [2.05, 4.69) is 16.3 Å². The van der Waals surface area contributed by atoms with E-state index in [0.29, 0.717) is 5.69 Å². The molecule has 1 aliphatic rings. The van der Waals surface area contributed by atoms with Crippen molar-refractivity contribution < 1.29 is 0 Å². The quantitative estimate of drug-likeness (QED) is 0.559. The van der Waals surface area contributed by atoms with Crippen LogP contribution in [0.2, 0.25) is 0 Å². The highest BCUT2D eigenvalue weighted by Crippen LogP contribution is 2.24. The molecule has 0 radical (unpaired) electrons. The third-order valence-electron chi connectivity index (χ3n) is 2.24. The number of azo groups is 1. The first-order chi connectivity index (χ1) is 6.86. The van der Waals surface area contributed by atoms with Crippen molar-refractivity contribution in [2.45, 2.75) is 19.3 Å². The molecule has 0 fully saturated rings. The lowest BCUT2D eigenvalue weighted by molar-refractivity contribution is 0.888. The van der Waals surface area contributed by atoms with Gasteiger partial charge in [0.25, 0.3) is 0 Å². The van der Waals surface area contributed by atoms with Crippen LogP contribution in [0.1, 0.15) is 19.3 Å². The Morgan fingerprint density at radius 3 is 2.71 bits per heavy atom. The van der Waals surface area contributed by atoms with Crippen LogP contribution >= 0.6 is 0 Å². The zero-order valence-electron chi connectivity index (χ0n) is 7.98. The maximum atomic E-state index is 5.73. The zero-order chi connectivity index (χ0) is 9.80. The summed E-state index contributed by atoms with van der Waals surface area (Å²) < 4.78 is 0. The number of rotatable bonds is 2. The Kier molecular flexibility index (Phi) is 2.58. The highest BCUT2D eigenvalue weighted by atomic mass is 15.1. The van der Waals surface area contributed by atoms with Crippen molar-refractivity contribution in [3.63, 3.8) is 0 Å². The van der Waals surface area contributed by atoms with Crippen LogP contribution in [0.15, 0.2) is 46.3 Å². The number of benzene rings is 1. The van der Waals surface area contributed by atoms with E-state index in [1.54, 1.807) is 0 Å². The van der Waals surface area contributed by atoms with Crippen LogP contribution in [0.5, 0.6) is 0 Å². The van der Waals surface area contributed by atoms with E-state index in [4.69, 9.17) is 5.73 Å². The predicted molar refractivity (Wildman–Crippen MR) is 57.3 cm³/mol. The summed E-state index contributed by atoms with van der Waals surface area (Å²) in [6.07, 6.45) is 5.48. The zero-order valence-corrected chi connectivity index (χ0v) is 7.98. The van der Waals surface area contributed by atoms with E-state index in [1.807, 2.05) is 24.3 Å². The summed E-state index contributed by atoms with van der Waals surface area (Å²) in [7, 11) is 0. The first-order valence-corrected chi connectivity index (χ1v) is 4.81. The second-order valence-corrected chi connectivity index (χ2v) is 3.35. The fourth-order valence-corrected chi connectivity index (χ4v) is 1.44. The van der Waals surface area contributed by atoms with Gasteiger partial charge in [0, 0.05) is 0 Å². The minimum absolute atomic E-state index is 0.676. The van der Waals surface area contributed by atoms with Gasteiger partial charge in [-0.1, -0.05) is 18.2 Å². The van der Waals surface area contributed by atoms with Gasteiger partial charge >= 0.3 is 0 Å². The Hall–Kier alpha value is -1.64. The molecule has 14 heavy (non-hydrogen) atoms. The molecule has 0 atom stereocenters. The molecule has 0 aromatic heterocycles. The van der Waals surface area contributed by atoms with Crippen LogP contribution in [0.25, 0.3) is 0 Å². The lowest BCUT2D eigenvalue weighted by atomic mass is 10.3. The molecule has 3 nitrogen and oxygen atoms in total. The molecule has 0 saturated carbocycles. The Morgan fingerprint density at radius 2 is 2.00 bits per heavy atom. The van der Waals surface area contributed by atoms with Crippen molar-refractivity contribution >= 4 is 11.4 Å². The summed E-state index contributed by atoms with van der Waals surface area (Å²) in [4.78, 5) is 0. The molecule has 0 aliphatic heterocycles. The Labute approximate surface area is 83.3 Å². The lowest BCUT2D eigenvalue weighted by Gasteiger charge is -1.96. The summed E-state index contributed by atoms with van der Waals surface area (Å²) in [6.45, 7) is 0. The monoisotopic (exact) mass is 187 g/mol. The SMILES string of the molecule is Nc1ccccc1N=NC1=CCCC1. The maximum absolute atomic E-state index is 5.73. The van der Waals surface area contributed by atoms with E-state index >= 15 is 0 Å². The van der Waals surface area contributed by atoms with E-state index in [9.17, 15) is 0 Å². The predicted octanol–water partition coefficient (Wildman–Crippen LogP) is 3.42. The van der Waals surface area contributed by atoms with Gasteiger partial charge in [0.1, 0.15) is 5.69 Å². The summed E-state index contributed by atoms with van der Waals surface area (Å²) in [5, 5.41) is 8.28. The van der Waals surface area contributed by atoms with Crippen LogP contribution in [0.3, 0.4) is 0 Å². The van der Waals surface area contributed by atoms with Gasteiger partial charge in [-0.05, 0) is 31.4 Å². The average molecular weight is 187 g/mol. The molecule has 2 rings (SSSR count). The molecule has 0 amide bonds. The molecule has 0 bridgehead atoms. The molecular formula is C11H13N3. The van der Waals surface area contributed by atoms with Crippen LogP contribution in [0, 0.1) is 0 Å². The Balaban J connectivity index is 2.13.